The highest BCUT2D eigenvalue weighted by molar-refractivity contribution is 5.76. The standard InChI is InChI=1S/C18H34O5/c1-7-9-12-18(5,6)16(20)23-22-14-11-10-13-17(3,4)15(19)21-8-2/h7-14H2,1-6H3. The molecule has 0 aliphatic heterocycles. The van der Waals surface area contributed by atoms with Crippen LogP contribution in [0.2, 0.25) is 0 Å². The quantitative estimate of drug-likeness (QED) is 0.229. The van der Waals surface area contributed by atoms with Crippen molar-refractivity contribution in [2.75, 3.05) is 13.2 Å². The monoisotopic (exact) mass is 330 g/mol. The molecule has 23 heavy (non-hydrogen) atoms. The van der Waals surface area contributed by atoms with Gasteiger partial charge in [0.05, 0.1) is 24.0 Å². The lowest BCUT2D eigenvalue weighted by Crippen LogP contribution is -2.27. The summed E-state index contributed by atoms with van der Waals surface area (Å²) >= 11 is 0. The van der Waals surface area contributed by atoms with E-state index in [2.05, 4.69) is 6.92 Å². The van der Waals surface area contributed by atoms with E-state index in [-0.39, 0.29) is 11.9 Å². The van der Waals surface area contributed by atoms with Gasteiger partial charge in [-0.25, -0.2) is 4.79 Å². The van der Waals surface area contributed by atoms with Gasteiger partial charge in [0, 0.05) is 0 Å². The maximum atomic E-state index is 11.9. The molecule has 0 aromatic rings. The van der Waals surface area contributed by atoms with E-state index in [9.17, 15) is 9.59 Å². The first-order chi connectivity index (χ1) is 10.7. The fourth-order valence-electron chi connectivity index (χ4n) is 2.09. The summed E-state index contributed by atoms with van der Waals surface area (Å²) in [6.07, 6.45) is 5.08. The van der Waals surface area contributed by atoms with E-state index in [0.29, 0.717) is 19.6 Å². The second-order valence-corrected chi connectivity index (χ2v) is 7.24. The summed E-state index contributed by atoms with van der Waals surface area (Å²) in [6.45, 7) is 12.1. The largest absolute Gasteiger partial charge is 0.466 e. The van der Waals surface area contributed by atoms with Gasteiger partial charge < -0.3 is 4.74 Å². The van der Waals surface area contributed by atoms with E-state index in [1.54, 1.807) is 6.92 Å². The molecule has 0 aliphatic rings. The Morgan fingerprint density at radius 2 is 1.39 bits per heavy atom. The zero-order valence-corrected chi connectivity index (χ0v) is 15.7. The van der Waals surface area contributed by atoms with Gasteiger partial charge in [-0.3, -0.25) is 9.68 Å². The summed E-state index contributed by atoms with van der Waals surface area (Å²) in [5.41, 5.74) is -1.00. The number of carbonyl (C=O) groups excluding carboxylic acids is 2. The Balaban J connectivity index is 3.89. The highest BCUT2D eigenvalue weighted by atomic mass is 17.2. The third-order valence-electron chi connectivity index (χ3n) is 3.95. The molecule has 0 saturated carbocycles. The van der Waals surface area contributed by atoms with Crippen LogP contribution in [0.4, 0.5) is 0 Å². The van der Waals surface area contributed by atoms with Crippen LogP contribution >= 0.6 is 0 Å². The molecular formula is C18H34O5. The summed E-state index contributed by atoms with van der Waals surface area (Å²) in [6, 6.07) is 0. The molecule has 0 rings (SSSR count). The first-order valence-electron chi connectivity index (χ1n) is 8.68. The van der Waals surface area contributed by atoms with Crippen molar-refractivity contribution in [1.82, 2.24) is 0 Å². The summed E-state index contributed by atoms with van der Waals surface area (Å²) < 4.78 is 5.05. The second-order valence-electron chi connectivity index (χ2n) is 7.24. The van der Waals surface area contributed by atoms with Gasteiger partial charge in [-0.2, -0.15) is 4.89 Å². The van der Waals surface area contributed by atoms with Gasteiger partial charge in [-0.05, 0) is 60.3 Å². The Morgan fingerprint density at radius 1 is 0.826 bits per heavy atom. The van der Waals surface area contributed by atoms with Gasteiger partial charge in [-0.1, -0.05) is 19.8 Å². The Bertz CT molecular complexity index is 360. The summed E-state index contributed by atoms with van der Waals surface area (Å²) in [5, 5.41) is 0. The van der Waals surface area contributed by atoms with Gasteiger partial charge in [0.2, 0.25) is 0 Å². The molecule has 0 spiro atoms. The molecule has 0 radical (unpaired) electrons. The van der Waals surface area contributed by atoms with Crippen molar-refractivity contribution in [1.29, 1.82) is 0 Å². The summed E-state index contributed by atoms with van der Waals surface area (Å²) in [5.74, 6) is -0.497. The third-order valence-corrected chi connectivity index (χ3v) is 3.95. The lowest BCUT2D eigenvalue weighted by Gasteiger charge is -2.22. The lowest BCUT2D eigenvalue weighted by molar-refractivity contribution is -0.280. The molecule has 0 aromatic carbocycles. The van der Waals surface area contributed by atoms with Crippen LogP contribution in [0, 0.1) is 10.8 Å². The average molecular weight is 330 g/mol. The number of unbranched alkanes of at least 4 members (excludes halogenated alkanes) is 2. The number of hydrogen-bond donors (Lipinski definition) is 0. The van der Waals surface area contributed by atoms with Crippen LogP contribution in [0.15, 0.2) is 0 Å². The van der Waals surface area contributed by atoms with Crippen molar-refractivity contribution < 1.29 is 24.1 Å². The lowest BCUT2D eigenvalue weighted by atomic mass is 9.87. The highest BCUT2D eigenvalue weighted by Crippen LogP contribution is 2.26. The molecule has 0 aliphatic carbocycles. The van der Waals surface area contributed by atoms with E-state index in [0.717, 1.165) is 32.1 Å². The van der Waals surface area contributed by atoms with Crippen molar-refractivity contribution in [3.8, 4) is 0 Å². The number of carbonyl (C=O) groups is 2. The number of rotatable bonds is 12. The van der Waals surface area contributed by atoms with Crippen LogP contribution in [0.3, 0.4) is 0 Å². The fraction of sp³-hybridized carbons (Fsp3) is 0.889. The second kappa shape index (κ2) is 10.6. The minimum Gasteiger partial charge on any atom is -0.466 e. The predicted molar refractivity (Wildman–Crippen MR) is 89.6 cm³/mol. The van der Waals surface area contributed by atoms with Crippen molar-refractivity contribution in [3.63, 3.8) is 0 Å². The summed E-state index contributed by atoms with van der Waals surface area (Å²) in [7, 11) is 0. The Morgan fingerprint density at radius 3 is 1.96 bits per heavy atom. The van der Waals surface area contributed by atoms with Crippen LogP contribution in [-0.4, -0.2) is 25.2 Å². The molecule has 0 bridgehead atoms. The zero-order valence-electron chi connectivity index (χ0n) is 15.7. The van der Waals surface area contributed by atoms with E-state index < -0.39 is 10.8 Å². The molecule has 0 unspecified atom stereocenters. The molecular weight excluding hydrogens is 296 g/mol. The minimum atomic E-state index is -0.512. The van der Waals surface area contributed by atoms with Crippen LogP contribution < -0.4 is 0 Å². The van der Waals surface area contributed by atoms with Gasteiger partial charge >= 0.3 is 11.9 Å². The zero-order chi connectivity index (χ0) is 17.9. The molecule has 0 amide bonds. The molecule has 0 N–H and O–H groups in total. The van der Waals surface area contributed by atoms with Crippen molar-refractivity contribution in [2.45, 2.75) is 80.1 Å². The van der Waals surface area contributed by atoms with Crippen molar-refractivity contribution in [2.24, 2.45) is 10.8 Å². The van der Waals surface area contributed by atoms with E-state index >= 15 is 0 Å². The van der Waals surface area contributed by atoms with Gasteiger partial charge in [-0.15, -0.1) is 0 Å². The first kappa shape index (κ1) is 21.9. The topological polar surface area (TPSA) is 61.8 Å². The van der Waals surface area contributed by atoms with E-state index in [1.165, 1.54) is 0 Å². The number of ether oxygens (including phenoxy) is 1. The number of esters is 1. The van der Waals surface area contributed by atoms with Gasteiger partial charge in [0.25, 0.3) is 0 Å². The molecule has 0 atom stereocenters. The highest BCUT2D eigenvalue weighted by Gasteiger charge is 2.30. The molecule has 5 heteroatoms. The van der Waals surface area contributed by atoms with Gasteiger partial charge in [0.1, 0.15) is 0 Å². The average Bonchev–Trinajstić information content (AvgIpc) is 2.48. The van der Waals surface area contributed by atoms with Crippen LogP contribution in [0.1, 0.15) is 80.1 Å². The van der Waals surface area contributed by atoms with E-state index in [4.69, 9.17) is 14.5 Å². The van der Waals surface area contributed by atoms with Crippen LogP contribution in [0.25, 0.3) is 0 Å². The first-order valence-corrected chi connectivity index (χ1v) is 8.68. The SMILES string of the molecule is CCCCC(C)(C)C(=O)OOCCCCC(C)(C)C(=O)OCC. The van der Waals surface area contributed by atoms with Crippen molar-refractivity contribution >= 4 is 11.9 Å². The number of hydrogen-bond acceptors (Lipinski definition) is 5. The Hall–Kier alpha value is -1.10. The van der Waals surface area contributed by atoms with Crippen LogP contribution in [0.5, 0.6) is 0 Å². The predicted octanol–water partition coefficient (Wildman–Crippen LogP) is 4.44. The van der Waals surface area contributed by atoms with Gasteiger partial charge in [0.15, 0.2) is 0 Å². The Labute approximate surface area is 141 Å². The van der Waals surface area contributed by atoms with Crippen molar-refractivity contribution in [3.05, 3.63) is 0 Å². The fourth-order valence-corrected chi connectivity index (χ4v) is 2.09. The molecule has 5 nitrogen and oxygen atoms in total. The van der Waals surface area contributed by atoms with E-state index in [1.807, 2.05) is 27.7 Å². The normalized spacial score (nSPS) is 12.1. The maximum absolute atomic E-state index is 11.9. The molecule has 136 valence electrons. The Kier molecular flexibility index (Phi) is 10.1. The van der Waals surface area contributed by atoms with Crippen LogP contribution in [-0.2, 0) is 24.1 Å². The molecule has 0 saturated heterocycles. The molecule has 0 heterocycles. The summed E-state index contributed by atoms with van der Waals surface area (Å²) in [4.78, 5) is 33.6. The maximum Gasteiger partial charge on any atom is 0.347 e. The minimum absolute atomic E-state index is 0.176. The third kappa shape index (κ3) is 8.94. The molecule has 0 fully saturated rings. The molecule has 0 aromatic heterocycles. The smallest absolute Gasteiger partial charge is 0.347 e.